The van der Waals surface area contributed by atoms with E-state index in [1.807, 2.05) is 0 Å². The van der Waals surface area contributed by atoms with E-state index in [4.69, 9.17) is 0 Å². The minimum atomic E-state index is -0.261. The molecule has 0 fully saturated rings. The van der Waals surface area contributed by atoms with Crippen molar-refractivity contribution in [2.45, 2.75) is 6.42 Å². The highest BCUT2D eigenvalue weighted by Gasteiger charge is 2.04. The lowest BCUT2D eigenvalue weighted by Crippen LogP contribution is -1.76. The second kappa shape index (κ2) is 4.31. The van der Waals surface area contributed by atoms with Crippen molar-refractivity contribution in [3.63, 3.8) is 0 Å². The van der Waals surface area contributed by atoms with Crippen molar-refractivity contribution >= 4 is 17.6 Å². The fraction of sp³-hybridized carbons (Fsp3) is 0.0909. The summed E-state index contributed by atoms with van der Waals surface area (Å²) >= 11 is 1.45. The lowest BCUT2D eigenvalue weighted by atomic mass is 10.2. The fourth-order valence-corrected chi connectivity index (χ4v) is 2.07. The topological polar surface area (TPSA) is 30.0 Å². The molecular formula is C11H8FNOS. The number of halogens is 1. The zero-order chi connectivity index (χ0) is 10.7. The van der Waals surface area contributed by atoms with Crippen LogP contribution in [0.15, 0.2) is 30.5 Å². The monoisotopic (exact) mass is 221 g/mol. The first-order valence-electron chi connectivity index (χ1n) is 4.44. The maximum atomic E-state index is 12.7. The summed E-state index contributed by atoms with van der Waals surface area (Å²) in [4.78, 5) is 15.4. The number of hydrogen-bond acceptors (Lipinski definition) is 3. The van der Waals surface area contributed by atoms with Crippen molar-refractivity contribution < 1.29 is 9.18 Å². The zero-order valence-corrected chi connectivity index (χ0v) is 8.63. The molecule has 15 heavy (non-hydrogen) atoms. The lowest BCUT2D eigenvalue weighted by Gasteiger charge is -1.94. The van der Waals surface area contributed by atoms with Crippen molar-refractivity contribution in [3.8, 4) is 10.6 Å². The number of aromatic nitrogens is 1. The highest BCUT2D eigenvalue weighted by molar-refractivity contribution is 7.15. The molecule has 0 bridgehead atoms. The fourth-order valence-electron chi connectivity index (χ4n) is 1.21. The molecule has 1 aromatic heterocycles. The summed E-state index contributed by atoms with van der Waals surface area (Å²) in [5.41, 5.74) is 0.874. The Morgan fingerprint density at radius 2 is 2.07 bits per heavy atom. The molecule has 0 amide bonds. The van der Waals surface area contributed by atoms with E-state index >= 15 is 0 Å². The quantitative estimate of drug-likeness (QED) is 0.746. The lowest BCUT2D eigenvalue weighted by molar-refractivity contribution is -0.107. The van der Waals surface area contributed by atoms with Crippen molar-refractivity contribution in [2.75, 3.05) is 0 Å². The molecule has 0 unspecified atom stereocenters. The molecular weight excluding hydrogens is 213 g/mol. The Hall–Kier alpha value is -1.55. The molecule has 1 aromatic carbocycles. The third-order valence-electron chi connectivity index (χ3n) is 1.93. The number of hydrogen-bond donors (Lipinski definition) is 0. The van der Waals surface area contributed by atoms with Crippen LogP contribution in [0, 0.1) is 5.82 Å². The largest absolute Gasteiger partial charge is 0.303 e. The van der Waals surface area contributed by atoms with Crippen LogP contribution < -0.4 is 0 Å². The van der Waals surface area contributed by atoms with Crippen molar-refractivity contribution in [1.29, 1.82) is 0 Å². The zero-order valence-electron chi connectivity index (χ0n) is 7.81. The number of carbonyl (C=O) groups is 1. The smallest absolute Gasteiger partial charge is 0.125 e. The van der Waals surface area contributed by atoms with Crippen molar-refractivity contribution in [3.05, 3.63) is 41.2 Å². The van der Waals surface area contributed by atoms with Gasteiger partial charge < -0.3 is 4.79 Å². The Balaban J connectivity index is 2.28. The predicted molar refractivity (Wildman–Crippen MR) is 57.3 cm³/mol. The summed E-state index contributed by atoms with van der Waals surface area (Å²) in [6.07, 6.45) is 2.92. The van der Waals surface area contributed by atoms with Gasteiger partial charge in [-0.2, -0.15) is 0 Å². The van der Waals surface area contributed by atoms with E-state index in [0.717, 1.165) is 21.7 Å². The molecule has 0 saturated carbocycles. The van der Waals surface area contributed by atoms with E-state index in [-0.39, 0.29) is 5.82 Å². The van der Waals surface area contributed by atoms with Crippen molar-refractivity contribution in [2.24, 2.45) is 0 Å². The standard InChI is InChI=1S/C11H8FNOS/c12-9-3-1-8(2-4-9)11-13-7-10(15-11)5-6-14/h1-4,6-7H,5H2. The maximum Gasteiger partial charge on any atom is 0.125 e. The Labute approximate surface area is 90.4 Å². The van der Waals surface area contributed by atoms with Gasteiger partial charge in [-0.1, -0.05) is 0 Å². The van der Waals surface area contributed by atoms with Gasteiger partial charge in [0.1, 0.15) is 17.1 Å². The van der Waals surface area contributed by atoms with Gasteiger partial charge in [-0.25, -0.2) is 9.37 Å². The second-order valence-corrected chi connectivity index (χ2v) is 4.12. The van der Waals surface area contributed by atoms with Gasteiger partial charge in [0.25, 0.3) is 0 Å². The average Bonchev–Trinajstić information content (AvgIpc) is 2.68. The Morgan fingerprint density at radius 1 is 1.33 bits per heavy atom. The Kier molecular flexibility index (Phi) is 2.87. The number of thiazole rings is 1. The van der Waals surface area contributed by atoms with E-state index in [2.05, 4.69) is 4.98 Å². The number of carbonyl (C=O) groups excluding carboxylic acids is 1. The van der Waals surface area contributed by atoms with Gasteiger partial charge in [0.15, 0.2) is 0 Å². The average molecular weight is 221 g/mol. The van der Waals surface area contributed by atoms with E-state index in [0.29, 0.717) is 6.42 Å². The SMILES string of the molecule is O=CCc1cnc(-c2ccc(F)cc2)s1. The molecule has 0 spiro atoms. The van der Waals surface area contributed by atoms with Crippen LogP contribution in [0.4, 0.5) is 4.39 Å². The molecule has 2 aromatic rings. The number of nitrogens with zero attached hydrogens (tertiary/aromatic N) is 1. The highest BCUT2D eigenvalue weighted by Crippen LogP contribution is 2.25. The molecule has 0 N–H and O–H groups in total. The predicted octanol–water partition coefficient (Wildman–Crippen LogP) is 2.69. The molecule has 1 heterocycles. The van der Waals surface area contributed by atoms with Crippen LogP contribution in [0.1, 0.15) is 4.88 Å². The van der Waals surface area contributed by atoms with Crippen molar-refractivity contribution in [1.82, 2.24) is 4.98 Å². The summed E-state index contributed by atoms with van der Waals surface area (Å²) in [5, 5.41) is 0.812. The van der Waals surface area contributed by atoms with Gasteiger partial charge in [0, 0.05) is 23.1 Å². The van der Waals surface area contributed by atoms with Gasteiger partial charge in [-0.3, -0.25) is 0 Å². The first-order valence-corrected chi connectivity index (χ1v) is 5.25. The van der Waals surface area contributed by atoms with Gasteiger partial charge >= 0.3 is 0 Å². The van der Waals surface area contributed by atoms with Crippen LogP contribution in [0.3, 0.4) is 0 Å². The third-order valence-corrected chi connectivity index (χ3v) is 3.00. The minimum absolute atomic E-state index is 0.261. The first kappa shape index (κ1) is 9.98. The highest BCUT2D eigenvalue weighted by atomic mass is 32.1. The molecule has 2 rings (SSSR count). The number of benzene rings is 1. The van der Waals surface area contributed by atoms with Gasteiger partial charge in [0.2, 0.25) is 0 Å². The van der Waals surface area contributed by atoms with E-state index in [1.54, 1.807) is 18.3 Å². The summed E-state index contributed by atoms with van der Waals surface area (Å²) < 4.78 is 12.7. The Bertz CT molecular complexity index is 464. The first-order chi connectivity index (χ1) is 7.29. The normalized spacial score (nSPS) is 10.2. The summed E-state index contributed by atoms with van der Waals surface area (Å²) in [6.45, 7) is 0. The van der Waals surface area contributed by atoms with Crippen LogP contribution in [0.25, 0.3) is 10.6 Å². The minimum Gasteiger partial charge on any atom is -0.303 e. The molecule has 0 aliphatic carbocycles. The van der Waals surface area contributed by atoms with E-state index in [9.17, 15) is 9.18 Å². The molecule has 2 nitrogen and oxygen atoms in total. The van der Waals surface area contributed by atoms with E-state index < -0.39 is 0 Å². The second-order valence-electron chi connectivity index (χ2n) is 3.01. The van der Waals surface area contributed by atoms with Crippen LogP contribution in [-0.2, 0) is 11.2 Å². The Morgan fingerprint density at radius 3 is 2.73 bits per heavy atom. The van der Waals surface area contributed by atoms with E-state index in [1.165, 1.54) is 23.5 Å². The third kappa shape index (κ3) is 2.27. The van der Waals surface area contributed by atoms with Gasteiger partial charge in [0.05, 0.1) is 0 Å². The summed E-state index contributed by atoms with van der Waals surface area (Å²) in [7, 11) is 0. The van der Waals surface area contributed by atoms with Gasteiger partial charge in [-0.15, -0.1) is 11.3 Å². The summed E-state index contributed by atoms with van der Waals surface area (Å²) in [6, 6.07) is 6.16. The van der Waals surface area contributed by atoms with Crippen LogP contribution in [0.2, 0.25) is 0 Å². The molecule has 0 aliphatic heterocycles. The molecule has 0 radical (unpaired) electrons. The van der Waals surface area contributed by atoms with Crippen LogP contribution in [0.5, 0.6) is 0 Å². The van der Waals surface area contributed by atoms with Crippen LogP contribution in [-0.4, -0.2) is 11.3 Å². The van der Waals surface area contributed by atoms with Gasteiger partial charge in [-0.05, 0) is 24.3 Å². The molecule has 4 heteroatoms. The molecule has 0 aliphatic rings. The summed E-state index contributed by atoms with van der Waals surface area (Å²) in [5.74, 6) is -0.261. The van der Waals surface area contributed by atoms with Crippen LogP contribution >= 0.6 is 11.3 Å². The maximum absolute atomic E-state index is 12.7. The number of aldehydes is 1. The molecule has 0 atom stereocenters. The molecule has 76 valence electrons. The number of rotatable bonds is 3. The molecule has 0 saturated heterocycles.